The largest absolute Gasteiger partial charge is 0.494 e. The Morgan fingerprint density at radius 3 is 2.73 bits per heavy atom. The molecule has 148 valence electrons. The van der Waals surface area contributed by atoms with E-state index in [0.29, 0.717) is 12.6 Å². The number of halogens is 2. The highest BCUT2D eigenvalue weighted by Crippen LogP contribution is 2.18. The van der Waals surface area contributed by atoms with E-state index in [1.165, 1.54) is 13.2 Å². The molecule has 1 aromatic rings. The number of methoxy groups -OCH3 is 1. The zero-order chi connectivity index (χ0) is 18.4. The molecular weight excluding hydrogens is 448 g/mol. The lowest BCUT2D eigenvalue weighted by Gasteiger charge is -2.38. The number of hydrogen-bond acceptors (Lipinski definition) is 4. The Bertz CT molecular complexity index is 601. The second kappa shape index (κ2) is 10.9. The number of hydrogen-bond donors (Lipinski definition) is 1. The molecule has 0 aromatic heterocycles. The Morgan fingerprint density at radius 2 is 2.12 bits per heavy atom. The SMILES string of the molecule is CN=C(NCC1CN(C)CCN1C)N(C)Cc1ccc(OC)c(F)c1.I. The van der Waals surface area contributed by atoms with E-state index in [1.807, 2.05) is 18.0 Å². The van der Waals surface area contributed by atoms with Gasteiger partial charge >= 0.3 is 0 Å². The van der Waals surface area contributed by atoms with Crippen molar-refractivity contribution in [2.75, 3.05) is 61.5 Å². The number of benzene rings is 1. The normalized spacial score (nSPS) is 19.0. The monoisotopic (exact) mass is 479 g/mol. The van der Waals surface area contributed by atoms with Crippen LogP contribution in [-0.4, -0.2) is 88.2 Å². The number of likely N-dealkylation sites (N-methyl/N-ethyl adjacent to an activating group) is 2. The molecule has 1 N–H and O–H groups in total. The molecule has 26 heavy (non-hydrogen) atoms. The van der Waals surface area contributed by atoms with Crippen molar-refractivity contribution in [2.24, 2.45) is 4.99 Å². The van der Waals surface area contributed by atoms with Crippen LogP contribution in [0, 0.1) is 5.82 Å². The number of piperazine rings is 1. The summed E-state index contributed by atoms with van der Waals surface area (Å²) in [6.45, 7) is 4.61. The molecule has 6 nitrogen and oxygen atoms in total. The van der Waals surface area contributed by atoms with E-state index in [2.05, 4.69) is 34.2 Å². The first-order valence-corrected chi connectivity index (χ1v) is 8.57. The molecule has 0 spiro atoms. The molecule has 1 atom stereocenters. The fourth-order valence-corrected chi connectivity index (χ4v) is 3.07. The molecule has 1 aliphatic heterocycles. The van der Waals surface area contributed by atoms with Crippen LogP contribution < -0.4 is 10.1 Å². The zero-order valence-electron chi connectivity index (χ0n) is 16.3. The molecule has 0 bridgehead atoms. The van der Waals surface area contributed by atoms with Crippen molar-refractivity contribution >= 4 is 29.9 Å². The van der Waals surface area contributed by atoms with Crippen molar-refractivity contribution in [3.8, 4) is 5.75 Å². The summed E-state index contributed by atoms with van der Waals surface area (Å²) in [4.78, 5) is 11.1. The van der Waals surface area contributed by atoms with Crippen molar-refractivity contribution in [3.63, 3.8) is 0 Å². The lowest BCUT2D eigenvalue weighted by atomic mass is 10.2. The third-order valence-corrected chi connectivity index (χ3v) is 4.69. The summed E-state index contributed by atoms with van der Waals surface area (Å²) in [6, 6.07) is 5.48. The fourth-order valence-electron chi connectivity index (χ4n) is 3.07. The Hall–Kier alpha value is -1.13. The first-order chi connectivity index (χ1) is 11.9. The van der Waals surface area contributed by atoms with E-state index >= 15 is 0 Å². The van der Waals surface area contributed by atoms with Gasteiger partial charge < -0.3 is 19.9 Å². The van der Waals surface area contributed by atoms with Gasteiger partial charge in [-0.05, 0) is 31.8 Å². The number of nitrogens with zero attached hydrogens (tertiary/aromatic N) is 4. The molecule has 1 aromatic carbocycles. The van der Waals surface area contributed by atoms with Crippen LogP contribution in [0.3, 0.4) is 0 Å². The number of ether oxygens (including phenoxy) is 1. The number of nitrogens with one attached hydrogen (secondary N) is 1. The zero-order valence-corrected chi connectivity index (χ0v) is 18.7. The third kappa shape index (κ3) is 6.24. The van der Waals surface area contributed by atoms with Crippen LogP contribution in [0.1, 0.15) is 5.56 Å². The van der Waals surface area contributed by atoms with Crippen LogP contribution in [0.25, 0.3) is 0 Å². The van der Waals surface area contributed by atoms with Crippen molar-refractivity contribution in [3.05, 3.63) is 29.6 Å². The van der Waals surface area contributed by atoms with Gasteiger partial charge in [-0.15, -0.1) is 24.0 Å². The fraction of sp³-hybridized carbons (Fsp3) is 0.611. The van der Waals surface area contributed by atoms with Crippen molar-refractivity contribution in [1.29, 1.82) is 0 Å². The van der Waals surface area contributed by atoms with E-state index in [-0.39, 0.29) is 35.5 Å². The van der Waals surface area contributed by atoms with Gasteiger partial charge in [0.2, 0.25) is 0 Å². The predicted octanol–water partition coefficient (Wildman–Crippen LogP) is 1.71. The van der Waals surface area contributed by atoms with Gasteiger partial charge in [-0.1, -0.05) is 6.07 Å². The van der Waals surface area contributed by atoms with Gasteiger partial charge in [0.15, 0.2) is 17.5 Å². The van der Waals surface area contributed by atoms with E-state index in [1.54, 1.807) is 13.1 Å². The molecule has 1 heterocycles. The average Bonchev–Trinajstić information content (AvgIpc) is 2.58. The lowest BCUT2D eigenvalue weighted by molar-refractivity contribution is 0.116. The van der Waals surface area contributed by atoms with Gasteiger partial charge in [0.25, 0.3) is 0 Å². The van der Waals surface area contributed by atoms with Crippen LogP contribution in [0.15, 0.2) is 23.2 Å². The van der Waals surface area contributed by atoms with E-state index in [9.17, 15) is 4.39 Å². The van der Waals surface area contributed by atoms with Crippen molar-refractivity contribution < 1.29 is 9.13 Å². The first-order valence-electron chi connectivity index (χ1n) is 8.57. The summed E-state index contributed by atoms with van der Waals surface area (Å²) < 4.78 is 18.8. The molecule has 1 fully saturated rings. The minimum Gasteiger partial charge on any atom is -0.494 e. The van der Waals surface area contributed by atoms with Crippen molar-refractivity contribution in [2.45, 2.75) is 12.6 Å². The molecule has 0 radical (unpaired) electrons. The van der Waals surface area contributed by atoms with Crippen LogP contribution in [0.2, 0.25) is 0 Å². The van der Waals surface area contributed by atoms with Gasteiger partial charge in [-0.2, -0.15) is 0 Å². The summed E-state index contributed by atoms with van der Waals surface area (Å²) >= 11 is 0. The van der Waals surface area contributed by atoms with Crippen molar-refractivity contribution in [1.82, 2.24) is 20.0 Å². The summed E-state index contributed by atoms with van der Waals surface area (Å²) in [7, 11) is 9.50. The Morgan fingerprint density at radius 1 is 1.38 bits per heavy atom. The minimum absolute atomic E-state index is 0. The molecule has 8 heteroatoms. The maximum Gasteiger partial charge on any atom is 0.193 e. The molecule has 1 aliphatic rings. The first kappa shape index (κ1) is 22.9. The average molecular weight is 479 g/mol. The lowest BCUT2D eigenvalue weighted by Crippen LogP contribution is -2.55. The third-order valence-electron chi connectivity index (χ3n) is 4.69. The van der Waals surface area contributed by atoms with Gasteiger partial charge in [-0.3, -0.25) is 9.89 Å². The van der Waals surface area contributed by atoms with Crippen LogP contribution in [0.4, 0.5) is 4.39 Å². The summed E-state index contributed by atoms with van der Waals surface area (Å²) in [6.07, 6.45) is 0. The summed E-state index contributed by atoms with van der Waals surface area (Å²) in [5, 5.41) is 3.44. The molecular formula is C18H31FIN5O. The van der Waals surface area contributed by atoms with Crippen LogP contribution >= 0.6 is 24.0 Å². The Labute approximate surface area is 173 Å². The van der Waals surface area contributed by atoms with Gasteiger partial charge in [0, 0.05) is 52.9 Å². The minimum atomic E-state index is -0.344. The van der Waals surface area contributed by atoms with E-state index in [4.69, 9.17) is 4.74 Å². The standard InChI is InChI=1S/C18H30FN5O.HI/c1-20-18(21-11-15-13-22(2)8-9-23(15)3)24(4)12-14-6-7-17(25-5)16(19)10-14;/h6-7,10,15H,8-9,11-13H2,1-5H3,(H,20,21);1H. The number of guanidine groups is 1. The second-order valence-corrected chi connectivity index (χ2v) is 6.65. The highest BCUT2D eigenvalue weighted by atomic mass is 127. The molecule has 0 amide bonds. The number of aliphatic imine (C=N–C) groups is 1. The molecule has 1 saturated heterocycles. The van der Waals surface area contributed by atoms with E-state index < -0.39 is 0 Å². The smallest absolute Gasteiger partial charge is 0.193 e. The summed E-state index contributed by atoms with van der Waals surface area (Å²) in [5.74, 6) is 0.722. The highest BCUT2D eigenvalue weighted by Gasteiger charge is 2.22. The van der Waals surface area contributed by atoms with E-state index in [0.717, 1.165) is 37.7 Å². The van der Waals surface area contributed by atoms with Crippen LogP contribution in [0.5, 0.6) is 5.75 Å². The second-order valence-electron chi connectivity index (χ2n) is 6.65. The maximum absolute atomic E-state index is 13.9. The van der Waals surface area contributed by atoms with Gasteiger partial charge in [0.1, 0.15) is 0 Å². The Balaban J connectivity index is 0.00000338. The molecule has 0 aliphatic carbocycles. The maximum atomic E-state index is 13.9. The quantitative estimate of drug-likeness (QED) is 0.396. The molecule has 0 saturated carbocycles. The Kier molecular flexibility index (Phi) is 9.59. The predicted molar refractivity (Wildman–Crippen MR) is 115 cm³/mol. The number of rotatable bonds is 5. The topological polar surface area (TPSA) is 43.3 Å². The summed E-state index contributed by atoms with van der Waals surface area (Å²) in [5.41, 5.74) is 0.873. The molecule has 1 unspecified atom stereocenters. The van der Waals surface area contributed by atoms with Crippen LogP contribution in [-0.2, 0) is 6.54 Å². The molecule has 2 rings (SSSR count). The van der Waals surface area contributed by atoms with Gasteiger partial charge in [0.05, 0.1) is 7.11 Å². The van der Waals surface area contributed by atoms with Gasteiger partial charge in [-0.25, -0.2) is 4.39 Å². The highest BCUT2D eigenvalue weighted by molar-refractivity contribution is 14.0.